The second kappa shape index (κ2) is 13.3. The van der Waals surface area contributed by atoms with Gasteiger partial charge in [-0.1, -0.05) is 13.8 Å². The number of carbonyl (C=O) groups is 2. The number of nitrogens with one attached hydrogen (secondary N) is 2. The van der Waals surface area contributed by atoms with Crippen LogP contribution in [0.5, 0.6) is 0 Å². The third-order valence-electron chi connectivity index (χ3n) is 6.29. The molecule has 2 N–H and O–H groups in total. The van der Waals surface area contributed by atoms with Crippen LogP contribution in [0.2, 0.25) is 0 Å². The van der Waals surface area contributed by atoms with E-state index in [1.807, 2.05) is 20.9 Å². The van der Waals surface area contributed by atoms with Crippen molar-refractivity contribution in [2.75, 3.05) is 26.8 Å². The molecule has 2 fully saturated rings. The molecule has 6 heteroatoms. The lowest BCUT2D eigenvalue weighted by Gasteiger charge is -2.29. The Kier molecular flexibility index (Phi) is 11.2. The van der Waals surface area contributed by atoms with Gasteiger partial charge in [0.05, 0.1) is 18.8 Å². The highest BCUT2D eigenvalue weighted by atomic mass is 16.5. The van der Waals surface area contributed by atoms with E-state index in [0.29, 0.717) is 31.0 Å². The number of Topliss-reactive ketones (excluding diaryl/α,β-unsaturated/α-hetero) is 1. The molecule has 0 atom stereocenters. The molecule has 2 saturated carbocycles. The van der Waals surface area contributed by atoms with E-state index in [2.05, 4.69) is 10.6 Å². The second-order valence-corrected chi connectivity index (χ2v) is 9.02. The fraction of sp³-hybridized carbons (Fsp3) is 0.913. The zero-order valence-corrected chi connectivity index (χ0v) is 18.7. The van der Waals surface area contributed by atoms with Crippen LogP contribution in [0.25, 0.3) is 0 Å². The van der Waals surface area contributed by atoms with Gasteiger partial charge in [0.2, 0.25) is 5.91 Å². The largest absolute Gasteiger partial charge is 0.378 e. The van der Waals surface area contributed by atoms with Crippen molar-refractivity contribution >= 4 is 11.7 Å². The van der Waals surface area contributed by atoms with Gasteiger partial charge in [-0.15, -0.1) is 0 Å². The van der Waals surface area contributed by atoms with Crippen LogP contribution in [0.15, 0.2) is 0 Å². The predicted octanol–water partition coefficient (Wildman–Crippen LogP) is 3.23. The van der Waals surface area contributed by atoms with E-state index in [1.54, 1.807) is 0 Å². The summed E-state index contributed by atoms with van der Waals surface area (Å²) < 4.78 is 11.8. The van der Waals surface area contributed by atoms with E-state index in [9.17, 15) is 9.59 Å². The summed E-state index contributed by atoms with van der Waals surface area (Å²) >= 11 is 0. The number of amides is 1. The number of hydrogen-bond acceptors (Lipinski definition) is 5. The summed E-state index contributed by atoms with van der Waals surface area (Å²) in [4.78, 5) is 24.3. The van der Waals surface area contributed by atoms with Crippen molar-refractivity contribution in [2.45, 2.75) is 96.3 Å². The van der Waals surface area contributed by atoms with Crippen LogP contribution >= 0.6 is 0 Å². The molecule has 2 aliphatic carbocycles. The first-order chi connectivity index (χ1) is 14.0. The molecule has 0 aromatic heterocycles. The molecule has 29 heavy (non-hydrogen) atoms. The summed E-state index contributed by atoms with van der Waals surface area (Å²) in [5.41, 5.74) is 0. The van der Waals surface area contributed by atoms with Gasteiger partial charge in [0.1, 0.15) is 5.78 Å². The maximum Gasteiger partial charge on any atom is 0.220 e. The molecule has 0 spiro atoms. The molecule has 1 amide bonds. The maximum absolute atomic E-state index is 12.2. The van der Waals surface area contributed by atoms with Crippen molar-refractivity contribution < 1.29 is 19.1 Å². The van der Waals surface area contributed by atoms with Crippen molar-refractivity contribution in [1.82, 2.24) is 10.6 Å². The van der Waals surface area contributed by atoms with Gasteiger partial charge in [-0.2, -0.15) is 0 Å². The predicted molar refractivity (Wildman–Crippen MR) is 115 cm³/mol. The van der Waals surface area contributed by atoms with E-state index < -0.39 is 0 Å². The smallest absolute Gasteiger partial charge is 0.220 e. The lowest BCUT2D eigenvalue weighted by Crippen LogP contribution is -2.39. The number of ether oxygens (including phenoxy) is 2. The van der Waals surface area contributed by atoms with E-state index in [4.69, 9.17) is 9.47 Å². The number of rotatable bonds is 12. The quantitative estimate of drug-likeness (QED) is 0.483. The molecule has 0 bridgehead atoms. The van der Waals surface area contributed by atoms with E-state index in [1.165, 1.54) is 0 Å². The zero-order chi connectivity index (χ0) is 21.1. The summed E-state index contributed by atoms with van der Waals surface area (Å²) in [5.74, 6) is 0.812. The molecule has 0 aromatic rings. The van der Waals surface area contributed by atoms with E-state index in [0.717, 1.165) is 70.9 Å². The Hall–Kier alpha value is -0.980. The summed E-state index contributed by atoms with van der Waals surface area (Å²) in [6.07, 6.45) is 9.88. The number of likely N-dealkylation sites (N-methyl/N-ethyl adjacent to an activating group) is 1. The fourth-order valence-electron chi connectivity index (χ4n) is 4.47. The van der Waals surface area contributed by atoms with Gasteiger partial charge in [0.25, 0.3) is 0 Å². The minimum Gasteiger partial charge on any atom is -0.378 e. The number of ketones is 1. The molecule has 6 nitrogen and oxygen atoms in total. The molecule has 0 aromatic carbocycles. The summed E-state index contributed by atoms with van der Waals surface area (Å²) in [7, 11) is 1.94. The topological polar surface area (TPSA) is 76.7 Å². The fourth-order valence-corrected chi connectivity index (χ4v) is 4.47. The molecule has 0 aliphatic heterocycles. The Morgan fingerprint density at radius 3 is 2.03 bits per heavy atom. The summed E-state index contributed by atoms with van der Waals surface area (Å²) in [5, 5.41) is 6.25. The standard InChI is InChI=1S/C23H42N2O4/c1-17(2)23(27)18-6-8-19(9-7-18)25-22(26)5-4-15-28-20-10-12-21(13-11-20)29-16-14-24-3/h17-21,24H,4-16H2,1-3H3,(H,25,26). The van der Waals surface area contributed by atoms with Crippen LogP contribution < -0.4 is 10.6 Å². The Bertz CT molecular complexity index is 481. The molecular formula is C23H42N2O4. The first-order valence-electron chi connectivity index (χ1n) is 11.7. The highest BCUT2D eigenvalue weighted by molar-refractivity contribution is 5.83. The van der Waals surface area contributed by atoms with Crippen LogP contribution in [0.4, 0.5) is 0 Å². The maximum atomic E-state index is 12.2. The normalized spacial score (nSPS) is 27.7. The SMILES string of the molecule is CNCCOC1CCC(OCCCC(=O)NC2CCC(C(=O)C(C)C)CC2)CC1. The first kappa shape index (κ1) is 24.3. The third kappa shape index (κ3) is 9.14. The van der Waals surface area contributed by atoms with Crippen molar-refractivity contribution in [2.24, 2.45) is 11.8 Å². The zero-order valence-electron chi connectivity index (χ0n) is 18.7. The lowest BCUT2D eigenvalue weighted by atomic mass is 9.80. The van der Waals surface area contributed by atoms with E-state index >= 15 is 0 Å². The molecular weight excluding hydrogens is 368 g/mol. The average molecular weight is 411 g/mol. The molecule has 0 radical (unpaired) electrons. The third-order valence-corrected chi connectivity index (χ3v) is 6.29. The van der Waals surface area contributed by atoms with Gasteiger partial charge in [-0.05, 0) is 64.8 Å². The van der Waals surface area contributed by atoms with Crippen molar-refractivity contribution in [3.63, 3.8) is 0 Å². The molecule has 2 rings (SSSR count). The van der Waals surface area contributed by atoms with Gasteiger partial charge in [-0.25, -0.2) is 0 Å². The van der Waals surface area contributed by atoms with Crippen molar-refractivity contribution in [1.29, 1.82) is 0 Å². The van der Waals surface area contributed by atoms with Crippen LogP contribution in [-0.2, 0) is 19.1 Å². The Labute approximate surface area is 176 Å². The minimum atomic E-state index is 0.118. The van der Waals surface area contributed by atoms with Crippen molar-refractivity contribution in [3.8, 4) is 0 Å². The van der Waals surface area contributed by atoms with E-state index in [-0.39, 0.29) is 23.8 Å². The van der Waals surface area contributed by atoms with Gasteiger partial charge in [-0.3, -0.25) is 9.59 Å². The monoisotopic (exact) mass is 410 g/mol. The second-order valence-electron chi connectivity index (χ2n) is 9.02. The molecule has 0 heterocycles. The highest BCUT2D eigenvalue weighted by Crippen LogP contribution is 2.27. The number of carbonyl (C=O) groups excluding carboxylic acids is 2. The average Bonchev–Trinajstić information content (AvgIpc) is 2.72. The first-order valence-corrected chi connectivity index (χ1v) is 11.7. The molecule has 0 unspecified atom stereocenters. The van der Waals surface area contributed by atoms with Gasteiger partial charge in [0, 0.05) is 37.5 Å². The highest BCUT2D eigenvalue weighted by Gasteiger charge is 2.28. The van der Waals surface area contributed by atoms with Crippen molar-refractivity contribution in [3.05, 3.63) is 0 Å². The molecule has 0 saturated heterocycles. The lowest BCUT2D eigenvalue weighted by molar-refractivity contribution is -0.127. The summed E-state index contributed by atoms with van der Waals surface area (Å²) in [6.45, 7) is 6.28. The molecule has 168 valence electrons. The minimum absolute atomic E-state index is 0.118. The van der Waals surface area contributed by atoms with Crippen LogP contribution in [-0.4, -0.2) is 56.7 Å². The van der Waals surface area contributed by atoms with Crippen LogP contribution in [0.3, 0.4) is 0 Å². The molecule has 2 aliphatic rings. The number of hydrogen-bond donors (Lipinski definition) is 2. The van der Waals surface area contributed by atoms with Crippen LogP contribution in [0, 0.1) is 11.8 Å². The Morgan fingerprint density at radius 2 is 1.48 bits per heavy atom. The van der Waals surface area contributed by atoms with Gasteiger partial charge < -0.3 is 20.1 Å². The van der Waals surface area contributed by atoms with Gasteiger partial charge in [0.15, 0.2) is 0 Å². The van der Waals surface area contributed by atoms with Crippen LogP contribution in [0.1, 0.15) is 78.1 Å². The Morgan fingerprint density at radius 1 is 0.897 bits per heavy atom. The summed E-state index contributed by atoms with van der Waals surface area (Å²) in [6, 6.07) is 0.234. The Balaban J connectivity index is 1.49. The van der Waals surface area contributed by atoms with Gasteiger partial charge >= 0.3 is 0 Å².